The van der Waals surface area contributed by atoms with E-state index in [1.807, 2.05) is 43.3 Å². The van der Waals surface area contributed by atoms with E-state index in [1.54, 1.807) is 6.08 Å². The lowest BCUT2D eigenvalue weighted by molar-refractivity contribution is -0.147. The second-order valence-electron chi connectivity index (χ2n) is 5.00. The van der Waals surface area contributed by atoms with Crippen molar-refractivity contribution < 1.29 is 14.4 Å². The molecule has 0 bridgehead atoms. The molecule has 0 aromatic heterocycles. The van der Waals surface area contributed by atoms with E-state index >= 15 is 0 Å². The van der Waals surface area contributed by atoms with Gasteiger partial charge >= 0.3 is 0 Å². The minimum atomic E-state index is -0.487. The first-order valence-corrected chi connectivity index (χ1v) is 6.50. The van der Waals surface area contributed by atoms with Gasteiger partial charge in [-0.15, -0.1) is 0 Å². The Kier molecular flexibility index (Phi) is 4.07. The van der Waals surface area contributed by atoms with Gasteiger partial charge in [0.05, 0.1) is 0 Å². The van der Waals surface area contributed by atoms with Gasteiger partial charge in [0.25, 0.3) is 5.91 Å². The first kappa shape index (κ1) is 14.8. The first-order valence-electron chi connectivity index (χ1n) is 6.50. The van der Waals surface area contributed by atoms with Crippen LogP contribution >= 0.6 is 0 Å². The van der Waals surface area contributed by atoms with Crippen LogP contribution in [0.5, 0.6) is 0 Å². The van der Waals surface area contributed by atoms with Crippen LogP contribution in [0.4, 0.5) is 5.69 Å². The van der Waals surface area contributed by atoms with Crippen molar-refractivity contribution in [2.45, 2.75) is 6.92 Å². The number of nitrogens with one attached hydrogen (secondary N) is 1. The van der Waals surface area contributed by atoms with Crippen LogP contribution in [0.25, 0.3) is 6.08 Å². The van der Waals surface area contributed by atoms with Gasteiger partial charge < -0.3 is 10.2 Å². The first-order chi connectivity index (χ1) is 9.88. The highest BCUT2D eigenvalue weighted by Gasteiger charge is 2.30. The van der Waals surface area contributed by atoms with Crippen LogP contribution in [0.1, 0.15) is 12.5 Å². The van der Waals surface area contributed by atoms with E-state index in [2.05, 4.69) is 5.32 Å². The quantitative estimate of drug-likeness (QED) is 0.809. The number of benzene rings is 1. The van der Waals surface area contributed by atoms with Gasteiger partial charge in [0, 0.05) is 26.7 Å². The molecule has 0 aliphatic carbocycles. The molecule has 2 rings (SSSR count). The summed E-state index contributed by atoms with van der Waals surface area (Å²) in [5, 5.41) is 2.51. The number of rotatable bonds is 2. The summed E-state index contributed by atoms with van der Waals surface area (Å²) in [5.41, 5.74) is 1.91. The molecule has 1 aromatic carbocycles. The Morgan fingerprint density at radius 3 is 2.38 bits per heavy atom. The number of carbonyl (C=O) groups excluding carboxylic acids is 3. The van der Waals surface area contributed by atoms with Crippen LogP contribution < -0.4 is 10.2 Å². The van der Waals surface area contributed by atoms with E-state index in [1.165, 1.54) is 6.92 Å². The maximum atomic E-state index is 12.1. The summed E-state index contributed by atoms with van der Waals surface area (Å²) in [6.07, 6.45) is 1.56. The van der Waals surface area contributed by atoms with Gasteiger partial charge in [-0.1, -0.05) is 12.1 Å². The topological polar surface area (TPSA) is 69.7 Å². The van der Waals surface area contributed by atoms with Crippen molar-refractivity contribution in [1.82, 2.24) is 10.2 Å². The zero-order valence-corrected chi connectivity index (χ0v) is 12.2. The normalized spacial score (nSPS) is 16.9. The fraction of sp³-hybridized carbons (Fsp3) is 0.267. The van der Waals surface area contributed by atoms with Crippen molar-refractivity contribution in [2.75, 3.05) is 25.5 Å². The molecule has 110 valence electrons. The highest BCUT2D eigenvalue weighted by Crippen LogP contribution is 2.16. The number of amides is 3. The zero-order valence-electron chi connectivity index (χ0n) is 12.2. The Morgan fingerprint density at radius 2 is 1.86 bits per heavy atom. The molecule has 0 spiro atoms. The lowest BCUT2D eigenvalue weighted by atomic mass is 10.1. The molecule has 1 N–H and O–H groups in total. The van der Waals surface area contributed by atoms with Crippen LogP contribution in [0.15, 0.2) is 30.0 Å². The maximum Gasteiger partial charge on any atom is 0.277 e. The smallest absolute Gasteiger partial charge is 0.277 e. The standard InChI is InChI=1S/C15H17N3O3/c1-10(19)18-9-14(20)16-13(15(18)21)8-11-4-6-12(7-5-11)17(2)3/h4-8H,9H2,1-3H3,(H,16,20). The monoisotopic (exact) mass is 287 g/mol. The number of piperazine rings is 1. The Labute approximate surface area is 123 Å². The second-order valence-corrected chi connectivity index (χ2v) is 5.00. The van der Waals surface area contributed by atoms with Crippen molar-refractivity contribution in [3.8, 4) is 0 Å². The van der Waals surface area contributed by atoms with Crippen molar-refractivity contribution in [2.24, 2.45) is 0 Å². The van der Waals surface area contributed by atoms with E-state index in [0.29, 0.717) is 0 Å². The Morgan fingerprint density at radius 1 is 1.24 bits per heavy atom. The molecule has 6 heteroatoms. The fourth-order valence-corrected chi connectivity index (χ4v) is 1.99. The predicted molar refractivity (Wildman–Crippen MR) is 79.3 cm³/mol. The van der Waals surface area contributed by atoms with Gasteiger partial charge in [0.1, 0.15) is 12.2 Å². The van der Waals surface area contributed by atoms with E-state index in [9.17, 15) is 14.4 Å². The molecule has 0 atom stereocenters. The molecule has 0 unspecified atom stereocenters. The summed E-state index contributed by atoms with van der Waals surface area (Å²) in [6, 6.07) is 7.50. The van der Waals surface area contributed by atoms with E-state index in [0.717, 1.165) is 16.2 Å². The molecule has 21 heavy (non-hydrogen) atoms. The molecule has 6 nitrogen and oxygen atoms in total. The SMILES string of the molecule is CC(=O)N1CC(=O)NC(=Cc2ccc(N(C)C)cc2)C1=O. The van der Waals surface area contributed by atoms with Crippen LogP contribution in [0, 0.1) is 0 Å². The summed E-state index contributed by atoms with van der Waals surface area (Å²) in [4.78, 5) is 37.9. The highest BCUT2D eigenvalue weighted by atomic mass is 16.2. The Hall–Kier alpha value is -2.63. The van der Waals surface area contributed by atoms with Gasteiger partial charge in [-0.25, -0.2) is 0 Å². The fourth-order valence-electron chi connectivity index (χ4n) is 1.99. The van der Waals surface area contributed by atoms with E-state index in [-0.39, 0.29) is 18.1 Å². The zero-order chi connectivity index (χ0) is 15.6. The molecular weight excluding hydrogens is 270 g/mol. The molecule has 3 amide bonds. The van der Waals surface area contributed by atoms with Crippen LogP contribution in [0.2, 0.25) is 0 Å². The van der Waals surface area contributed by atoms with Crippen LogP contribution in [-0.4, -0.2) is 43.3 Å². The highest BCUT2D eigenvalue weighted by molar-refractivity contribution is 6.12. The molecular formula is C15H17N3O3. The summed E-state index contributed by atoms with van der Waals surface area (Å²) >= 11 is 0. The molecule has 1 fully saturated rings. The number of hydrogen-bond donors (Lipinski definition) is 1. The Bertz CT molecular complexity index is 618. The minimum absolute atomic E-state index is 0.110. The minimum Gasteiger partial charge on any atom is -0.378 e. The average molecular weight is 287 g/mol. The number of anilines is 1. The molecule has 1 aromatic rings. The van der Waals surface area contributed by atoms with Crippen molar-refractivity contribution in [1.29, 1.82) is 0 Å². The average Bonchev–Trinajstić information content (AvgIpc) is 2.42. The number of carbonyl (C=O) groups is 3. The summed E-state index contributed by atoms with van der Waals surface area (Å²) in [5.74, 6) is -1.30. The Balaban J connectivity index is 2.28. The molecule has 1 saturated heterocycles. The maximum absolute atomic E-state index is 12.1. The number of imide groups is 1. The molecule has 0 saturated carbocycles. The van der Waals surface area contributed by atoms with Crippen molar-refractivity contribution in [3.05, 3.63) is 35.5 Å². The lowest BCUT2D eigenvalue weighted by Gasteiger charge is -2.25. The van der Waals surface area contributed by atoms with Crippen molar-refractivity contribution in [3.63, 3.8) is 0 Å². The van der Waals surface area contributed by atoms with Crippen LogP contribution in [-0.2, 0) is 14.4 Å². The number of nitrogens with zero attached hydrogens (tertiary/aromatic N) is 2. The largest absolute Gasteiger partial charge is 0.378 e. The third-order valence-electron chi connectivity index (χ3n) is 3.15. The van der Waals surface area contributed by atoms with Crippen LogP contribution in [0.3, 0.4) is 0 Å². The van der Waals surface area contributed by atoms with Gasteiger partial charge in [-0.2, -0.15) is 0 Å². The summed E-state index contributed by atoms with van der Waals surface area (Å²) < 4.78 is 0. The lowest BCUT2D eigenvalue weighted by Crippen LogP contribution is -2.51. The molecule has 0 radical (unpaired) electrons. The predicted octanol–water partition coefficient (Wildman–Crippen LogP) is 0.598. The van der Waals surface area contributed by atoms with Gasteiger partial charge in [-0.05, 0) is 23.8 Å². The molecule has 1 aliphatic rings. The van der Waals surface area contributed by atoms with E-state index < -0.39 is 11.8 Å². The molecule has 1 aliphatic heterocycles. The van der Waals surface area contributed by atoms with E-state index in [4.69, 9.17) is 0 Å². The van der Waals surface area contributed by atoms with Crippen molar-refractivity contribution >= 4 is 29.5 Å². The second kappa shape index (κ2) is 5.78. The summed E-state index contributed by atoms with van der Waals surface area (Å²) in [7, 11) is 3.87. The van der Waals surface area contributed by atoms with Gasteiger partial charge in [-0.3, -0.25) is 19.3 Å². The number of hydrogen-bond acceptors (Lipinski definition) is 4. The third kappa shape index (κ3) is 3.28. The van der Waals surface area contributed by atoms with Gasteiger partial charge in [0.15, 0.2) is 0 Å². The molecule has 1 heterocycles. The third-order valence-corrected chi connectivity index (χ3v) is 3.15. The summed E-state index contributed by atoms with van der Waals surface area (Å²) in [6.45, 7) is 1.03. The van der Waals surface area contributed by atoms with Gasteiger partial charge in [0.2, 0.25) is 11.8 Å².